The van der Waals surface area contributed by atoms with E-state index in [-0.39, 0.29) is 16.9 Å². The van der Waals surface area contributed by atoms with Crippen LogP contribution in [0.2, 0.25) is 0 Å². The number of hydrogen-bond donors (Lipinski definition) is 2. The van der Waals surface area contributed by atoms with E-state index >= 15 is 0 Å². The lowest BCUT2D eigenvalue weighted by atomic mass is 9.86. The van der Waals surface area contributed by atoms with Crippen LogP contribution in [0.25, 0.3) is 0 Å². The zero-order chi connectivity index (χ0) is 14.8. The molecule has 3 nitrogen and oxygen atoms in total. The molecule has 0 bridgehead atoms. The Bertz CT molecular complexity index is 469. The van der Waals surface area contributed by atoms with Crippen LogP contribution in [0.1, 0.15) is 39.3 Å². The molecule has 5 heteroatoms. The molecule has 1 aromatic rings. The fraction of sp³-hybridized carbons (Fsp3) is 0.500. The number of nitrogens with two attached hydrogens (primary N) is 1. The summed E-state index contributed by atoms with van der Waals surface area (Å²) in [5.41, 5.74) is 5.67. The fourth-order valence-electron chi connectivity index (χ4n) is 1.63. The van der Waals surface area contributed by atoms with Gasteiger partial charge in [0.15, 0.2) is 0 Å². The van der Waals surface area contributed by atoms with Gasteiger partial charge in [0.1, 0.15) is 11.6 Å². The Morgan fingerprint density at radius 2 is 1.89 bits per heavy atom. The Balaban J connectivity index is 2.80. The van der Waals surface area contributed by atoms with Gasteiger partial charge in [-0.2, -0.15) is 0 Å². The number of rotatable bonds is 3. The highest BCUT2D eigenvalue weighted by Gasteiger charge is 2.28. The molecular formula is C14H20F2N2O. The van der Waals surface area contributed by atoms with Crippen LogP contribution in [-0.2, 0) is 4.79 Å². The van der Waals surface area contributed by atoms with E-state index in [4.69, 9.17) is 5.73 Å². The maximum atomic E-state index is 13.6. The average Bonchev–Trinajstić information content (AvgIpc) is 2.26. The van der Waals surface area contributed by atoms with Gasteiger partial charge >= 0.3 is 0 Å². The number of halogens is 2. The van der Waals surface area contributed by atoms with Crippen LogP contribution in [0, 0.1) is 17.0 Å². The molecule has 1 amide bonds. The van der Waals surface area contributed by atoms with E-state index in [9.17, 15) is 13.6 Å². The Kier molecular flexibility index (Phi) is 4.63. The van der Waals surface area contributed by atoms with E-state index in [0.29, 0.717) is 0 Å². The summed E-state index contributed by atoms with van der Waals surface area (Å²) in [4.78, 5) is 11.9. The van der Waals surface area contributed by atoms with Crippen LogP contribution in [0.15, 0.2) is 18.2 Å². The summed E-state index contributed by atoms with van der Waals surface area (Å²) in [5, 5.41) is 2.64. The number of carbonyl (C=O) groups excluding carboxylic acids is 1. The van der Waals surface area contributed by atoms with Gasteiger partial charge in [0.25, 0.3) is 0 Å². The predicted octanol–water partition coefficient (Wildman–Crippen LogP) is 2.52. The molecule has 106 valence electrons. The molecule has 0 saturated carbocycles. The van der Waals surface area contributed by atoms with Crippen LogP contribution in [-0.4, -0.2) is 11.9 Å². The maximum Gasteiger partial charge on any atom is 0.237 e. The van der Waals surface area contributed by atoms with Crippen LogP contribution in [0.4, 0.5) is 8.78 Å². The molecule has 0 aliphatic heterocycles. The zero-order valence-corrected chi connectivity index (χ0v) is 11.6. The van der Waals surface area contributed by atoms with Crippen molar-refractivity contribution in [3.8, 4) is 0 Å². The molecule has 0 radical (unpaired) electrons. The molecule has 3 N–H and O–H groups in total. The topological polar surface area (TPSA) is 55.1 Å². The van der Waals surface area contributed by atoms with Gasteiger partial charge in [-0.25, -0.2) is 8.78 Å². The first-order valence-corrected chi connectivity index (χ1v) is 6.14. The van der Waals surface area contributed by atoms with Crippen molar-refractivity contribution in [2.45, 2.75) is 39.8 Å². The van der Waals surface area contributed by atoms with Crippen molar-refractivity contribution in [3.05, 3.63) is 35.4 Å². The molecule has 0 heterocycles. The smallest absolute Gasteiger partial charge is 0.237 e. The van der Waals surface area contributed by atoms with Gasteiger partial charge in [0.2, 0.25) is 5.91 Å². The second-order valence-corrected chi connectivity index (χ2v) is 5.74. The minimum absolute atomic E-state index is 0.232. The first-order valence-electron chi connectivity index (χ1n) is 6.14. The lowest BCUT2D eigenvalue weighted by Gasteiger charge is -2.27. The number of carbonyl (C=O) groups is 1. The summed E-state index contributed by atoms with van der Waals surface area (Å²) in [6, 6.07) is 2.00. The van der Waals surface area contributed by atoms with E-state index in [1.54, 1.807) is 6.92 Å². The van der Waals surface area contributed by atoms with Gasteiger partial charge in [-0.1, -0.05) is 26.8 Å². The van der Waals surface area contributed by atoms with Gasteiger partial charge in [-0.15, -0.1) is 0 Å². The van der Waals surface area contributed by atoms with Crippen LogP contribution in [0.5, 0.6) is 0 Å². The molecular weight excluding hydrogens is 250 g/mol. The molecule has 19 heavy (non-hydrogen) atoms. The minimum Gasteiger partial charge on any atom is -0.348 e. The summed E-state index contributed by atoms with van der Waals surface area (Å²) in [6.45, 7) is 7.17. The van der Waals surface area contributed by atoms with E-state index in [1.165, 1.54) is 6.07 Å². The standard InChI is InChI=1S/C14H20F2N2O/c1-8(10-6-5-9(15)7-11(10)16)18-13(19)12(17)14(2,3)4/h5-8,12H,17H2,1-4H3,(H,18,19)/t8-,12-/m0/s1. The average molecular weight is 270 g/mol. The van der Waals surface area contributed by atoms with Crippen molar-refractivity contribution < 1.29 is 13.6 Å². The van der Waals surface area contributed by atoms with Gasteiger partial charge < -0.3 is 11.1 Å². The highest BCUT2D eigenvalue weighted by Crippen LogP contribution is 2.20. The van der Waals surface area contributed by atoms with Crippen LogP contribution < -0.4 is 11.1 Å². The molecule has 0 spiro atoms. The summed E-state index contributed by atoms with van der Waals surface area (Å²) in [7, 11) is 0. The van der Waals surface area contributed by atoms with E-state index in [0.717, 1.165) is 12.1 Å². The Morgan fingerprint density at radius 1 is 1.32 bits per heavy atom. The SMILES string of the molecule is C[C@H](NC(=O)[C@H](N)C(C)(C)C)c1ccc(F)cc1F. The molecule has 0 aromatic heterocycles. The van der Waals surface area contributed by atoms with Crippen molar-refractivity contribution in [3.63, 3.8) is 0 Å². The van der Waals surface area contributed by atoms with E-state index < -0.39 is 23.7 Å². The third-order valence-electron chi connectivity index (χ3n) is 3.00. The number of nitrogens with one attached hydrogen (secondary N) is 1. The van der Waals surface area contributed by atoms with Crippen molar-refractivity contribution in [2.24, 2.45) is 11.1 Å². The summed E-state index contributed by atoms with van der Waals surface area (Å²) in [6.07, 6.45) is 0. The molecule has 0 aliphatic carbocycles. The number of benzene rings is 1. The van der Waals surface area contributed by atoms with Crippen molar-refractivity contribution in [1.82, 2.24) is 5.32 Å². The number of hydrogen-bond acceptors (Lipinski definition) is 2. The predicted molar refractivity (Wildman–Crippen MR) is 70.3 cm³/mol. The normalized spacial score (nSPS) is 14.9. The van der Waals surface area contributed by atoms with Gasteiger partial charge in [0, 0.05) is 11.6 Å². The molecule has 0 unspecified atom stereocenters. The molecule has 1 aromatic carbocycles. The highest BCUT2D eigenvalue weighted by molar-refractivity contribution is 5.82. The maximum absolute atomic E-state index is 13.6. The lowest BCUT2D eigenvalue weighted by Crippen LogP contribution is -2.49. The van der Waals surface area contributed by atoms with Crippen molar-refractivity contribution in [1.29, 1.82) is 0 Å². The monoisotopic (exact) mass is 270 g/mol. The first kappa shape index (κ1) is 15.6. The van der Waals surface area contributed by atoms with Gasteiger partial charge in [0.05, 0.1) is 12.1 Å². The molecule has 0 fully saturated rings. The largest absolute Gasteiger partial charge is 0.348 e. The third-order valence-corrected chi connectivity index (χ3v) is 3.00. The van der Waals surface area contributed by atoms with Crippen molar-refractivity contribution >= 4 is 5.91 Å². The van der Waals surface area contributed by atoms with Crippen molar-refractivity contribution in [2.75, 3.05) is 0 Å². The Hall–Kier alpha value is -1.49. The van der Waals surface area contributed by atoms with Crippen LogP contribution >= 0.6 is 0 Å². The van der Waals surface area contributed by atoms with Gasteiger partial charge in [-0.05, 0) is 18.4 Å². The molecule has 0 saturated heterocycles. The Morgan fingerprint density at radius 3 is 2.37 bits per heavy atom. The summed E-state index contributed by atoms with van der Waals surface area (Å²) >= 11 is 0. The fourth-order valence-corrected chi connectivity index (χ4v) is 1.63. The zero-order valence-electron chi connectivity index (χ0n) is 11.6. The molecule has 1 rings (SSSR count). The minimum atomic E-state index is -0.696. The quantitative estimate of drug-likeness (QED) is 0.886. The first-order chi connectivity index (χ1) is 8.62. The lowest BCUT2D eigenvalue weighted by molar-refractivity contribution is -0.125. The third kappa shape index (κ3) is 3.99. The number of amides is 1. The van der Waals surface area contributed by atoms with Gasteiger partial charge in [-0.3, -0.25) is 4.79 Å². The highest BCUT2D eigenvalue weighted by atomic mass is 19.1. The summed E-state index contributed by atoms with van der Waals surface area (Å²) < 4.78 is 26.4. The van der Waals surface area contributed by atoms with E-state index in [1.807, 2.05) is 20.8 Å². The second-order valence-electron chi connectivity index (χ2n) is 5.74. The Labute approximate surface area is 112 Å². The molecule has 2 atom stereocenters. The molecule has 0 aliphatic rings. The van der Waals surface area contributed by atoms with E-state index in [2.05, 4.69) is 5.32 Å². The second kappa shape index (κ2) is 5.65. The summed E-state index contributed by atoms with van der Waals surface area (Å²) in [5.74, 6) is -1.69. The van der Waals surface area contributed by atoms with Crippen LogP contribution in [0.3, 0.4) is 0 Å².